The molecule has 0 aliphatic carbocycles. The molecule has 0 saturated carbocycles. The van der Waals surface area contributed by atoms with Gasteiger partial charge < -0.3 is 20.7 Å². The zero-order valence-electron chi connectivity index (χ0n) is 15.3. The van der Waals surface area contributed by atoms with Crippen molar-refractivity contribution in [1.29, 1.82) is 0 Å². The highest BCUT2D eigenvalue weighted by Crippen LogP contribution is 2.29. The van der Waals surface area contributed by atoms with Crippen LogP contribution in [0.25, 0.3) is 0 Å². The Labute approximate surface area is 188 Å². The summed E-state index contributed by atoms with van der Waals surface area (Å²) in [5.41, 5.74) is 1.68. The zero-order chi connectivity index (χ0) is 21.4. The van der Waals surface area contributed by atoms with Gasteiger partial charge in [0.1, 0.15) is 17.7 Å². The first-order chi connectivity index (χ1) is 13.7. The molecule has 2 aromatic carbocycles. The minimum absolute atomic E-state index is 0.0734. The number of nitrogens with one attached hydrogen (secondary N) is 3. The molecule has 3 N–H and O–H groups in total. The maximum Gasteiger partial charge on any atom is 0.259 e. The largest absolute Gasteiger partial charge is 0.484 e. The fourth-order valence-electron chi connectivity index (χ4n) is 2.20. The van der Waals surface area contributed by atoms with Crippen LogP contribution in [-0.2, 0) is 11.2 Å². The van der Waals surface area contributed by atoms with E-state index in [0.29, 0.717) is 11.4 Å². The van der Waals surface area contributed by atoms with Gasteiger partial charge >= 0.3 is 0 Å². The van der Waals surface area contributed by atoms with Crippen LogP contribution in [0.2, 0.25) is 0 Å². The summed E-state index contributed by atoms with van der Waals surface area (Å²) in [5, 5.41) is 8.11. The van der Waals surface area contributed by atoms with Gasteiger partial charge in [0.25, 0.3) is 5.91 Å². The van der Waals surface area contributed by atoms with Gasteiger partial charge in [-0.2, -0.15) is 0 Å². The van der Waals surface area contributed by atoms with Crippen molar-refractivity contribution < 1.29 is 13.9 Å². The number of carbonyl (C=O) groups is 1. The standard InChI is InChI=1S/C19H19Cl3FN3O2S/c1-2-12-3-9-15(10-4-12)28-11-16(27)25-17(19(20,21)22)26-18(29)24-14-7-5-13(23)6-8-14/h3-10,17H,2,11H2,1H3,(H,25,27)(H2,24,26,29)/t17-/m1/s1. The predicted molar refractivity (Wildman–Crippen MR) is 119 cm³/mol. The molecule has 0 heterocycles. The first-order valence-corrected chi connectivity index (χ1v) is 10.1. The number of halogens is 4. The SMILES string of the molecule is CCc1ccc(OCC(=O)N[C@H](NC(=S)Nc2ccc(F)cc2)C(Cl)(Cl)Cl)cc1. The number of anilines is 1. The van der Waals surface area contributed by atoms with Crippen molar-refractivity contribution in [3.8, 4) is 5.75 Å². The van der Waals surface area contributed by atoms with Crippen LogP contribution in [0.1, 0.15) is 12.5 Å². The Morgan fingerprint density at radius 3 is 2.28 bits per heavy atom. The highest BCUT2D eigenvalue weighted by Gasteiger charge is 2.34. The molecule has 1 atom stereocenters. The maximum atomic E-state index is 13.0. The number of thiocarbonyl (C=S) groups is 1. The van der Waals surface area contributed by atoms with E-state index in [1.807, 2.05) is 19.1 Å². The van der Waals surface area contributed by atoms with E-state index in [0.717, 1.165) is 12.0 Å². The Balaban J connectivity index is 1.90. The van der Waals surface area contributed by atoms with Crippen LogP contribution in [0.5, 0.6) is 5.75 Å². The van der Waals surface area contributed by atoms with Gasteiger partial charge in [-0.05, 0) is 60.6 Å². The average molecular weight is 479 g/mol. The van der Waals surface area contributed by atoms with Crippen LogP contribution < -0.4 is 20.7 Å². The monoisotopic (exact) mass is 477 g/mol. The lowest BCUT2D eigenvalue weighted by Crippen LogP contribution is -2.56. The first-order valence-electron chi connectivity index (χ1n) is 8.58. The molecule has 0 unspecified atom stereocenters. The highest BCUT2D eigenvalue weighted by molar-refractivity contribution is 7.80. The van der Waals surface area contributed by atoms with Crippen molar-refractivity contribution in [2.75, 3.05) is 11.9 Å². The summed E-state index contributed by atoms with van der Waals surface area (Å²) in [6.45, 7) is 1.77. The lowest BCUT2D eigenvalue weighted by molar-refractivity contribution is -0.123. The minimum atomic E-state index is -1.90. The highest BCUT2D eigenvalue weighted by atomic mass is 35.6. The van der Waals surface area contributed by atoms with E-state index < -0.39 is 15.9 Å². The van der Waals surface area contributed by atoms with Gasteiger partial charge in [-0.1, -0.05) is 53.9 Å². The minimum Gasteiger partial charge on any atom is -0.484 e. The number of rotatable bonds is 7. The molecule has 0 spiro atoms. The van der Waals surface area contributed by atoms with Gasteiger partial charge in [-0.25, -0.2) is 4.39 Å². The quantitative estimate of drug-likeness (QED) is 0.309. The fraction of sp³-hybridized carbons (Fsp3) is 0.263. The summed E-state index contributed by atoms with van der Waals surface area (Å²) in [6, 6.07) is 12.9. The zero-order valence-corrected chi connectivity index (χ0v) is 18.4. The summed E-state index contributed by atoms with van der Waals surface area (Å²) in [5.74, 6) is -0.354. The van der Waals surface area contributed by atoms with E-state index in [4.69, 9.17) is 51.8 Å². The molecule has 2 rings (SSSR count). The average Bonchev–Trinajstić information content (AvgIpc) is 2.67. The van der Waals surface area contributed by atoms with Gasteiger partial charge in [-0.3, -0.25) is 4.79 Å². The molecule has 0 aliphatic rings. The molecular weight excluding hydrogens is 460 g/mol. The summed E-state index contributed by atoms with van der Waals surface area (Å²) >= 11 is 23.0. The second kappa shape index (κ2) is 10.8. The van der Waals surface area contributed by atoms with Crippen molar-refractivity contribution in [3.05, 3.63) is 59.9 Å². The summed E-state index contributed by atoms with van der Waals surface area (Å²) < 4.78 is 16.5. The lowest BCUT2D eigenvalue weighted by atomic mass is 10.2. The van der Waals surface area contributed by atoms with E-state index >= 15 is 0 Å². The van der Waals surface area contributed by atoms with Gasteiger partial charge in [-0.15, -0.1) is 0 Å². The Hall–Kier alpha value is -1.80. The number of carbonyl (C=O) groups excluding carboxylic acids is 1. The van der Waals surface area contributed by atoms with E-state index in [2.05, 4.69) is 16.0 Å². The van der Waals surface area contributed by atoms with E-state index in [9.17, 15) is 9.18 Å². The molecule has 0 bridgehead atoms. The molecule has 1 amide bonds. The number of amides is 1. The van der Waals surface area contributed by atoms with Crippen molar-refractivity contribution in [2.24, 2.45) is 0 Å². The van der Waals surface area contributed by atoms with E-state index in [-0.39, 0.29) is 17.5 Å². The van der Waals surface area contributed by atoms with Crippen molar-refractivity contribution in [3.63, 3.8) is 0 Å². The van der Waals surface area contributed by atoms with Crippen LogP contribution in [0.15, 0.2) is 48.5 Å². The number of aryl methyl sites for hydroxylation is 1. The lowest BCUT2D eigenvalue weighted by Gasteiger charge is -2.27. The molecule has 2 aromatic rings. The van der Waals surface area contributed by atoms with Crippen molar-refractivity contribution in [2.45, 2.75) is 23.3 Å². The second-order valence-electron chi connectivity index (χ2n) is 5.93. The molecule has 0 aliphatic heterocycles. The molecule has 10 heteroatoms. The summed E-state index contributed by atoms with van der Waals surface area (Å²) in [4.78, 5) is 12.2. The van der Waals surface area contributed by atoms with Crippen LogP contribution in [-0.4, -0.2) is 27.6 Å². The van der Waals surface area contributed by atoms with Gasteiger partial charge in [0, 0.05) is 5.69 Å². The number of hydrogen-bond donors (Lipinski definition) is 3. The topological polar surface area (TPSA) is 62.4 Å². The normalized spacial score (nSPS) is 12.0. The molecule has 29 heavy (non-hydrogen) atoms. The predicted octanol–water partition coefficient (Wildman–Crippen LogP) is 4.57. The number of alkyl halides is 3. The molecule has 0 radical (unpaired) electrons. The summed E-state index contributed by atoms with van der Waals surface area (Å²) in [7, 11) is 0. The Morgan fingerprint density at radius 2 is 1.72 bits per heavy atom. The Morgan fingerprint density at radius 1 is 1.10 bits per heavy atom. The molecule has 0 aromatic heterocycles. The fourth-order valence-corrected chi connectivity index (χ4v) is 2.77. The van der Waals surface area contributed by atoms with Crippen LogP contribution in [0, 0.1) is 5.82 Å². The number of hydrogen-bond acceptors (Lipinski definition) is 3. The third-order valence-electron chi connectivity index (χ3n) is 3.71. The maximum absolute atomic E-state index is 13.0. The molecular formula is C19H19Cl3FN3O2S. The molecule has 156 valence electrons. The van der Waals surface area contributed by atoms with Gasteiger partial charge in [0.2, 0.25) is 3.79 Å². The van der Waals surface area contributed by atoms with Crippen molar-refractivity contribution in [1.82, 2.24) is 10.6 Å². The third kappa shape index (κ3) is 8.22. The van der Waals surface area contributed by atoms with Gasteiger partial charge in [0.15, 0.2) is 11.7 Å². The van der Waals surface area contributed by atoms with Crippen molar-refractivity contribution >= 4 is 63.7 Å². The Bertz CT molecular complexity index is 830. The van der Waals surface area contributed by atoms with Crippen LogP contribution in [0.4, 0.5) is 10.1 Å². The molecule has 0 fully saturated rings. The second-order valence-corrected chi connectivity index (χ2v) is 8.71. The van der Waals surface area contributed by atoms with E-state index in [1.165, 1.54) is 24.3 Å². The van der Waals surface area contributed by atoms with Crippen LogP contribution >= 0.6 is 47.0 Å². The Kier molecular flexibility index (Phi) is 8.77. The smallest absolute Gasteiger partial charge is 0.259 e. The number of ether oxygens (including phenoxy) is 1. The van der Waals surface area contributed by atoms with E-state index in [1.54, 1.807) is 12.1 Å². The number of benzene rings is 2. The summed E-state index contributed by atoms with van der Waals surface area (Å²) in [6.07, 6.45) is -0.227. The van der Waals surface area contributed by atoms with Gasteiger partial charge in [0.05, 0.1) is 0 Å². The first kappa shape index (κ1) is 23.5. The molecule has 5 nitrogen and oxygen atoms in total. The third-order valence-corrected chi connectivity index (χ3v) is 4.59. The molecule has 0 saturated heterocycles. The van der Waals surface area contributed by atoms with Crippen LogP contribution in [0.3, 0.4) is 0 Å².